The second-order valence-corrected chi connectivity index (χ2v) is 13.0. The lowest BCUT2D eigenvalue weighted by molar-refractivity contribution is 1.17. The molecule has 8 aromatic carbocycles. The van der Waals surface area contributed by atoms with Gasteiger partial charge in [-0.15, -0.1) is 0 Å². The Kier molecular flexibility index (Phi) is 6.53. The van der Waals surface area contributed by atoms with Gasteiger partial charge >= 0.3 is 0 Å². The van der Waals surface area contributed by atoms with Crippen LogP contribution in [0.25, 0.3) is 88.4 Å². The minimum atomic E-state index is 1.15. The summed E-state index contributed by atoms with van der Waals surface area (Å²) >= 11 is 0. The fourth-order valence-corrected chi connectivity index (χ4v) is 7.71. The molecule has 0 bridgehead atoms. The van der Waals surface area contributed by atoms with Gasteiger partial charge in [-0.25, -0.2) is 0 Å². The summed E-state index contributed by atoms with van der Waals surface area (Å²) in [5.41, 5.74) is 14.4. The number of hydrogen-bond acceptors (Lipinski definition) is 0. The summed E-state index contributed by atoms with van der Waals surface area (Å²) in [7, 11) is 0. The van der Waals surface area contributed by atoms with Gasteiger partial charge in [0.25, 0.3) is 0 Å². The van der Waals surface area contributed by atoms with Crippen molar-refractivity contribution in [2.24, 2.45) is 0 Å². The molecule has 10 rings (SSSR count). The zero-order valence-corrected chi connectivity index (χ0v) is 27.4. The molecule has 50 heavy (non-hydrogen) atoms. The smallest absolute Gasteiger partial charge is 0.0548 e. The first kappa shape index (κ1) is 28.4. The van der Waals surface area contributed by atoms with Gasteiger partial charge in [-0.1, -0.05) is 146 Å². The van der Waals surface area contributed by atoms with E-state index in [1.54, 1.807) is 0 Å². The average molecular weight is 637 g/mol. The number of rotatable bonds is 5. The Bertz CT molecular complexity index is 2810. The van der Waals surface area contributed by atoms with E-state index in [0.717, 1.165) is 11.4 Å². The number of fused-ring (bicyclic) bond motifs is 6. The first-order valence-electron chi connectivity index (χ1n) is 17.2. The van der Waals surface area contributed by atoms with E-state index in [9.17, 15) is 0 Å². The Morgan fingerprint density at radius 3 is 0.980 bits per heavy atom. The summed E-state index contributed by atoms with van der Waals surface area (Å²) in [4.78, 5) is 0. The predicted octanol–water partition coefficient (Wildman–Crippen LogP) is 12.9. The molecule has 0 atom stereocenters. The van der Waals surface area contributed by atoms with Crippen LogP contribution in [0.15, 0.2) is 194 Å². The van der Waals surface area contributed by atoms with Crippen molar-refractivity contribution in [1.29, 1.82) is 0 Å². The Hall–Kier alpha value is -6.64. The van der Waals surface area contributed by atoms with Crippen molar-refractivity contribution in [3.63, 3.8) is 0 Å². The minimum absolute atomic E-state index is 1.15. The van der Waals surface area contributed by atoms with Gasteiger partial charge in [0.1, 0.15) is 0 Å². The summed E-state index contributed by atoms with van der Waals surface area (Å²) in [6, 6.07) is 70.4. The summed E-state index contributed by atoms with van der Waals surface area (Å²) in [5, 5.41) is 4.96. The molecule has 0 saturated heterocycles. The van der Waals surface area contributed by atoms with E-state index < -0.39 is 0 Å². The zero-order valence-electron chi connectivity index (χ0n) is 27.4. The molecule has 2 aromatic heterocycles. The van der Waals surface area contributed by atoms with E-state index in [-0.39, 0.29) is 0 Å². The van der Waals surface area contributed by atoms with Gasteiger partial charge < -0.3 is 9.13 Å². The van der Waals surface area contributed by atoms with Gasteiger partial charge in [0.2, 0.25) is 0 Å². The zero-order chi connectivity index (χ0) is 33.0. The Balaban J connectivity index is 1.28. The summed E-state index contributed by atoms with van der Waals surface area (Å²) in [6.07, 6.45) is 0. The second kappa shape index (κ2) is 11.5. The number of nitrogens with zero attached hydrogens (tertiary/aromatic N) is 2. The molecule has 2 heteroatoms. The van der Waals surface area contributed by atoms with Crippen LogP contribution in [0.4, 0.5) is 0 Å². The highest BCUT2D eigenvalue weighted by Gasteiger charge is 2.20. The third-order valence-electron chi connectivity index (χ3n) is 10.1. The molecule has 0 radical (unpaired) electrons. The molecule has 0 spiro atoms. The Morgan fingerprint density at radius 2 is 0.540 bits per heavy atom. The van der Waals surface area contributed by atoms with Crippen LogP contribution in [0.5, 0.6) is 0 Å². The molecule has 2 heterocycles. The number of hydrogen-bond donors (Lipinski definition) is 0. The quantitative estimate of drug-likeness (QED) is 0.178. The van der Waals surface area contributed by atoms with Crippen LogP contribution in [-0.2, 0) is 0 Å². The van der Waals surface area contributed by atoms with Gasteiger partial charge in [0.15, 0.2) is 0 Å². The largest absolute Gasteiger partial charge is 0.309 e. The third-order valence-corrected chi connectivity index (χ3v) is 10.1. The van der Waals surface area contributed by atoms with Crippen LogP contribution in [0.2, 0.25) is 0 Å². The van der Waals surface area contributed by atoms with Crippen molar-refractivity contribution in [2.75, 3.05) is 0 Å². The van der Waals surface area contributed by atoms with E-state index in [0.29, 0.717) is 0 Å². The maximum Gasteiger partial charge on any atom is 0.0548 e. The lowest BCUT2D eigenvalue weighted by Gasteiger charge is -2.11. The van der Waals surface area contributed by atoms with Gasteiger partial charge in [-0.3, -0.25) is 0 Å². The topological polar surface area (TPSA) is 9.86 Å². The summed E-state index contributed by atoms with van der Waals surface area (Å²) in [6.45, 7) is 0. The first-order valence-corrected chi connectivity index (χ1v) is 17.2. The van der Waals surface area contributed by atoms with Crippen LogP contribution >= 0.6 is 0 Å². The maximum atomic E-state index is 2.45. The predicted molar refractivity (Wildman–Crippen MR) is 211 cm³/mol. The van der Waals surface area contributed by atoms with E-state index >= 15 is 0 Å². The molecule has 0 amide bonds. The minimum Gasteiger partial charge on any atom is -0.309 e. The van der Waals surface area contributed by atoms with Crippen molar-refractivity contribution in [3.05, 3.63) is 194 Å². The monoisotopic (exact) mass is 636 g/mol. The molecule has 234 valence electrons. The lowest BCUT2D eigenvalue weighted by atomic mass is 10.0. The molecular weight excluding hydrogens is 605 g/mol. The van der Waals surface area contributed by atoms with Gasteiger partial charge in [-0.05, 0) is 81.9 Å². The normalized spacial score (nSPS) is 11.6. The van der Waals surface area contributed by atoms with Gasteiger partial charge in [-0.2, -0.15) is 0 Å². The van der Waals surface area contributed by atoms with Crippen molar-refractivity contribution in [1.82, 2.24) is 9.13 Å². The van der Waals surface area contributed by atoms with E-state index in [1.165, 1.54) is 77.0 Å². The molecule has 0 unspecified atom stereocenters. The van der Waals surface area contributed by atoms with Crippen LogP contribution in [0, 0.1) is 0 Å². The molecule has 0 aliphatic heterocycles. The van der Waals surface area contributed by atoms with Crippen LogP contribution < -0.4 is 0 Å². The Labute approximate surface area is 290 Å². The highest BCUT2D eigenvalue weighted by molar-refractivity contribution is 6.19. The molecule has 0 saturated carbocycles. The van der Waals surface area contributed by atoms with E-state index in [1.807, 2.05) is 0 Å². The lowest BCUT2D eigenvalue weighted by Crippen LogP contribution is -1.95. The maximum absolute atomic E-state index is 2.45. The SMILES string of the molecule is c1ccc(-c2ccc(-n3c4cc(-c5ccccc5)ccc4c4cc5c(cc43)c3ccc(-c4ccccc4)cc3n5-c3ccccc3)cc2)cc1. The summed E-state index contributed by atoms with van der Waals surface area (Å²) < 4.78 is 4.89. The Morgan fingerprint density at radius 1 is 0.220 bits per heavy atom. The standard InChI is InChI=1S/C48H32N2/c1-5-13-33(14-6-1)36-21-25-40(26-22-36)50-46-30-38(35-17-9-3-10-18-35)24-28-42(46)44-31-47-43(32-48(44)50)41-27-23-37(34-15-7-2-8-16-34)29-45(41)49(47)39-19-11-4-12-20-39/h1-32H. The summed E-state index contributed by atoms with van der Waals surface area (Å²) in [5.74, 6) is 0. The molecule has 2 nitrogen and oxygen atoms in total. The molecule has 10 aromatic rings. The fraction of sp³-hybridized carbons (Fsp3) is 0. The fourth-order valence-electron chi connectivity index (χ4n) is 7.71. The van der Waals surface area contributed by atoms with Crippen LogP contribution in [0.1, 0.15) is 0 Å². The first-order chi connectivity index (χ1) is 24.8. The van der Waals surface area contributed by atoms with E-state index in [4.69, 9.17) is 0 Å². The third kappa shape index (κ3) is 4.57. The van der Waals surface area contributed by atoms with Crippen LogP contribution in [-0.4, -0.2) is 9.13 Å². The molecule has 0 N–H and O–H groups in total. The van der Waals surface area contributed by atoms with Crippen molar-refractivity contribution in [3.8, 4) is 44.8 Å². The average Bonchev–Trinajstić information content (AvgIpc) is 3.69. The van der Waals surface area contributed by atoms with Crippen LogP contribution in [0.3, 0.4) is 0 Å². The number of aromatic nitrogens is 2. The van der Waals surface area contributed by atoms with Gasteiger partial charge in [0, 0.05) is 32.9 Å². The molecule has 0 fully saturated rings. The van der Waals surface area contributed by atoms with E-state index in [2.05, 4.69) is 203 Å². The van der Waals surface area contributed by atoms with Crippen molar-refractivity contribution in [2.45, 2.75) is 0 Å². The molecule has 0 aliphatic rings. The van der Waals surface area contributed by atoms with Crippen molar-refractivity contribution >= 4 is 43.6 Å². The highest BCUT2D eigenvalue weighted by Crippen LogP contribution is 2.41. The van der Waals surface area contributed by atoms with Gasteiger partial charge in [0.05, 0.1) is 22.1 Å². The number of para-hydroxylation sites is 1. The second-order valence-electron chi connectivity index (χ2n) is 13.0. The highest BCUT2D eigenvalue weighted by atomic mass is 15.0. The molecular formula is C48H32N2. The molecule has 0 aliphatic carbocycles. The van der Waals surface area contributed by atoms with Crippen molar-refractivity contribution < 1.29 is 0 Å². The number of benzene rings is 8.